The molecule has 0 saturated carbocycles. The van der Waals surface area contributed by atoms with Crippen LogP contribution in [0.2, 0.25) is 0 Å². The summed E-state index contributed by atoms with van der Waals surface area (Å²) in [5.41, 5.74) is 0.718. The van der Waals surface area contributed by atoms with E-state index in [2.05, 4.69) is 4.74 Å². The van der Waals surface area contributed by atoms with Gasteiger partial charge in [-0.25, -0.2) is 4.79 Å². The molecule has 0 aromatic rings. The van der Waals surface area contributed by atoms with Gasteiger partial charge in [0.05, 0.1) is 7.11 Å². The fourth-order valence-corrected chi connectivity index (χ4v) is 0.930. The summed E-state index contributed by atoms with van der Waals surface area (Å²) in [5, 5.41) is 0. The van der Waals surface area contributed by atoms with E-state index in [1.807, 2.05) is 17.9 Å². The minimum Gasteiger partial charge on any atom is -0.464 e. The summed E-state index contributed by atoms with van der Waals surface area (Å²) in [6, 6.07) is 0. The quantitative estimate of drug-likeness (QED) is 0.342. The Morgan fingerprint density at radius 1 is 1.64 bits per heavy atom. The van der Waals surface area contributed by atoms with E-state index >= 15 is 0 Å². The number of nitrogens with zero attached hydrogens (tertiary/aromatic N) is 1. The van der Waals surface area contributed by atoms with Gasteiger partial charge in [-0.3, -0.25) is 0 Å². The molecule has 1 fully saturated rings. The third kappa shape index (κ3) is 1.97. The molecule has 3 heteroatoms. The van der Waals surface area contributed by atoms with Gasteiger partial charge in [-0.05, 0) is 6.42 Å². The van der Waals surface area contributed by atoms with Crippen LogP contribution in [-0.2, 0) is 9.53 Å². The maximum atomic E-state index is 11.1. The summed E-state index contributed by atoms with van der Waals surface area (Å²) in [5.74, 6) is -0.218. The van der Waals surface area contributed by atoms with Crippen LogP contribution in [0.5, 0.6) is 0 Å². The maximum Gasteiger partial charge on any atom is 0.353 e. The van der Waals surface area contributed by atoms with Crippen LogP contribution in [0.4, 0.5) is 0 Å². The van der Waals surface area contributed by atoms with Crippen LogP contribution >= 0.6 is 0 Å². The number of methoxy groups -OCH3 is 1. The summed E-state index contributed by atoms with van der Waals surface area (Å²) in [4.78, 5) is 13.0. The van der Waals surface area contributed by atoms with E-state index in [9.17, 15) is 4.79 Å². The second kappa shape index (κ2) is 3.42. The molecule has 0 amide bonds. The molecule has 1 aliphatic rings. The molecule has 0 aromatic heterocycles. The van der Waals surface area contributed by atoms with Gasteiger partial charge in [0.1, 0.15) is 5.70 Å². The van der Waals surface area contributed by atoms with Crippen molar-refractivity contribution in [2.24, 2.45) is 0 Å². The van der Waals surface area contributed by atoms with Gasteiger partial charge in [-0.1, -0.05) is 13.0 Å². The van der Waals surface area contributed by atoms with E-state index in [1.54, 1.807) is 0 Å². The Bertz CT molecular complexity index is 183. The van der Waals surface area contributed by atoms with Gasteiger partial charge in [0.2, 0.25) is 0 Å². The third-order valence-corrected chi connectivity index (χ3v) is 1.58. The first-order valence-electron chi connectivity index (χ1n) is 3.83. The van der Waals surface area contributed by atoms with Gasteiger partial charge in [0.25, 0.3) is 0 Å². The largest absolute Gasteiger partial charge is 0.464 e. The van der Waals surface area contributed by atoms with E-state index in [0.717, 1.165) is 25.2 Å². The molecule has 0 aromatic carbocycles. The molecule has 1 saturated heterocycles. The second-order valence-electron chi connectivity index (χ2n) is 2.48. The van der Waals surface area contributed by atoms with Crippen molar-refractivity contribution in [1.29, 1.82) is 0 Å². The number of esters is 1. The monoisotopic (exact) mass is 155 g/mol. The highest BCUT2D eigenvalue weighted by atomic mass is 16.5. The molecule has 11 heavy (non-hydrogen) atoms. The predicted octanol–water partition coefficient (Wildman–Crippen LogP) is 0.769. The molecule has 0 atom stereocenters. The molecule has 0 N–H and O–H groups in total. The third-order valence-electron chi connectivity index (χ3n) is 1.58. The molecule has 0 unspecified atom stereocenters. The van der Waals surface area contributed by atoms with E-state index in [1.165, 1.54) is 7.11 Å². The zero-order valence-electron chi connectivity index (χ0n) is 6.96. The van der Waals surface area contributed by atoms with Crippen LogP contribution in [0.3, 0.4) is 0 Å². The number of rotatable bonds is 3. The van der Waals surface area contributed by atoms with Crippen LogP contribution in [0.25, 0.3) is 0 Å². The fourth-order valence-electron chi connectivity index (χ4n) is 0.930. The molecular formula is C8H13NO2. The lowest BCUT2D eigenvalue weighted by molar-refractivity contribution is -0.137. The van der Waals surface area contributed by atoms with Gasteiger partial charge in [0, 0.05) is 13.1 Å². The Hall–Kier alpha value is -0.990. The molecule has 0 radical (unpaired) electrons. The maximum absolute atomic E-state index is 11.1. The van der Waals surface area contributed by atoms with Crippen molar-refractivity contribution in [1.82, 2.24) is 4.90 Å². The Labute approximate surface area is 66.6 Å². The van der Waals surface area contributed by atoms with Crippen molar-refractivity contribution in [3.05, 3.63) is 11.8 Å². The first-order valence-corrected chi connectivity index (χ1v) is 3.83. The van der Waals surface area contributed by atoms with Crippen LogP contribution < -0.4 is 0 Å². The van der Waals surface area contributed by atoms with Crippen LogP contribution in [0.1, 0.15) is 13.3 Å². The van der Waals surface area contributed by atoms with Crippen LogP contribution in [-0.4, -0.2) is 31.1 Å². The lowest BCUT2D eigenvalue weighted by Crippen LogP contribution is -2.11. The van der Waals surface area contributed by atoms with Crippen molar-refractivity contribution in [2.75, 3.05) is 20.2 Å². The fraction of sp³-hybridized carbons (Fsp3) is 0.625. The average Bonchev–Trinajstić information content (AvgIpc) is 2.81. The molecule has 0 bridgehead atoms. The molecule has 1 rings (SSSR count). The summed E-state index contributed by atoms with van der Waals surface area (Å²) in [6.07, 6.45) is 2.78. The Morgan fingerprint density at radius 3 is 2.64 bits per heavy atom. The van der Waals surface area contributed by atoms with E-state index in [-0.39, 0.29) is 5.97 Å². The van der Waals surface area contributed by atoms with Gasteiger partial charge in [0.15, 0.2) is 0 Å². The van der Waals surface area contributed by atoms with Crippen LogP contribution in [0, 0.1) is 0 Å². The van der Waals surface area contributed by atoms with Crippen LogP contribution in [0.15, 0.2) is 11.8 Å². The number of allylic oxidation sites excluding steroid dienone is 1. The molecule has 1 heterocycles. The number of ether oxygens (including phenoxy) is 1. The summed E-state index contributed by atoms with van der Waals surface area (Å²) in [6.45, 7) is 3.98. The van der Waals surface area contributed by atoms with E-state index in [0.29, 0.717) is 0 Å². The lowest BCUT2D eigenvalue weighted by Gasteiger charge is -2.04. The predicted molar refractivity (Wildman–Crippen MR) is 42.0 cm³/mol. The lowest BCUT2D eigenvalue weighted by atomic mass is 10.3. The summed E-state index contributed by atoms with van der Waals surface area (Å²) < 4.78 is 4.62. The molecule has 0 aliphatic carbocycles. The zero-order valence-corrected chi connectivity index (χ0v) is 6.96. The molecule has 0 spiro atoms. The van der Waals surface area contributed by atoms with Crippen molar-refractivity contribution in [2.45, 2.75) is 13.3 Å². The van der Waals surface area contributed by atoms with E-state index < -0.39 is 0 Å². The number of hydrogen-bond acceptors (Lipinski definition) is 3. The molecule has 1 aliphatic heterocycles. The van der Waals surface area contributed by atoms with Crippen molar-refractivity contribution in [3.63, 3.8) is 0 Å². The smallest absolute Gasteiger partial charge is 0.353 e. The second-order valence-corrected chi connectivity index (χ2v) is 2.48. The minimum absolute atomic E-state index is 0.218. The number of carbonyl (C=O) groups excluding carboxylic acids is 1. The van der Waals surface area contributed by atoms with Crippen molar-refractivity contribution >= 4 is 5.97 Å². The Balaban J connectivity index is 2.58. The number of carbonyl (C=O) groups is 1. The number of hydrogen-bond donors (Lipinski definition) is 0. The highest BCUT2D eigenvalue weighted by molar-refractivity contribution is 5.88. The molecular weight excluding hydrogens is 142 g/mol. The van der Waals surface area contributed by atoms with E-state index in [4.69, 9.17) is 0 Å². The average molecular weight is 155 g/mol. The summed E-state index contributed by atoms with van der Waals surface area (Å²) >= 11 is 0. The van der Waals surface area contributed by atoms with Gasteiger partial charge in [-0.15, -0.1) is 0 Å². The van der Waals surface area contributed by atoms with Gasteiger partial charge in [-0.2, -0.15) is 0 Å². The first-order chi connectivity index (χ1) is 5.29. The molecule has 62 valence electrons. The SMILES string of the molecule is CCC=C(C(=O)OC)N1CC1. The standard InChI is InChI=1S/C8H13NO2/c1-3-4-7(8(10)11-2)9-5-6-9/h4H,3,5-6H2,1-2H3. The van der Waals surface area contributed by atoms with Crippen molar-refractivity contribution in [3.8, 4) is 0 Å². The summed E-state index contributed by atoms with van der Waals surface area (Å²) in [7, 11) is 1.41. The van der Waals surface area contributed by atoms with Crippen molar-refractivity contribution < 1.29 is 9.53 Å². The van der Waals surface area contributed by atoms with Gasteiger partial charge >= 0.3 is 5.97 Å². The topological polar surface area (TPSA) is 29.3 Å². The first kappa shape index (κ1) is 8.11. The highest BCUT2D eigenvalue weighted by Crippen LogP contribution is 2.15. The highest BCUT2D eigenvalue weighted by Gasteiger charge is 2.25. The zero-order chi connectivity index (χ0) is 8.27. The molecule has 3 nitrogen and oxygen atoms in total. The van der Waals surface area contributed by atoms with Gasteiger partial charge < -0.3 is 9.64 Å². The normalized spacial score (nSPS) is 16.5. The Kier molecular flexibility index (Phi) is 2.52. The Morgan fingerprint density at radius 2 is 2.27 bits per heavy atom. The minimum atomic E-state index is -0.218.